The second-order valence-corrected chi connectivity index (χ2v) is 6.44. The van der Waals surface area contributed by atoms with Crippen molar-refractivity contribution in [3.63, 3.8) is 0 Å². The molecule has 0 unspecified atom stereocenters. The third kappa shape index (κ3) is 4.02. The van der Waals surface area contributed by atoms with Gasteiger partial charge in [0.05, 0.1) is 6.42 Å². The predicted molar refractivity (Wildman–Crippen MR) is 96.6 cm³/mol. The summed E-state index contributed by atoms with van der Waals surface area (Å²) in [5, 5.41) is 0. The van der Waals surface area contributed by atoms with Crippen LogP contribution in [0.1, 0.15) is 41.5 Å². The number of ketones is 2. The molecule has 2 heterocycles. The molecule has 0 atom stereocenters. The third-order valence-corrected chi connectivity index (χ3v) is 4.39. The van der Waals surface area contributed by atoms with Crippen molar-refractivity contribution in [3.05, 3.63) is 41.2 Å². The molecule has 0 spiro atoms. The number of rotatable bonds is 7. The molecule has 0 amide bonds. The Morgan fingerprint density at radius 2 is 1.81 bits per heavy atom. The lowest BCUT2D eigenvalue weighted by Gasteiger charge is -2.11. The number of ether oxygens (including phenoxy) is 3. The maximum absolute atomic E-state index is 12.5. The number of carbonyl (C=O) groups is 3. The van der Waals surface area contributed by atoms with Crippen LogP contribution in [-0.2, 0) is 14.3 Å². The fourth-order valence-electron chi connectivity index (χ4n) is 3.04. The number of aryl methyl sites for hydroxylation is 1. The summed E-state index contributed by atoms with van der Waals surface area (Å²) in [7, 11) is 0. The summed E-state index contributed by atoms with van der Waals surface area (Å²) in [6.07, 6.45) is 0.102. The first-order chi connectivity index (χ1) is 12.9. The summed E-state index contributed by atoms with van der Waals surface area (Å²) in [6, 6.07) is 7.35. The van der Waals surface area contributed by atoms with E-state index in [0.717, 1.165) is 17.1 Å². The molecule has 0 saturated heterocycles. The van der Waals surface area contributed by atoms with Crippen LogP contribution in [-0.4, -0.2) is 35.5 Å². The fraction of sp³-hybridized carbons (Fsp3) is 0.350. The van der Waals surface area contributed by atoms with Gasteiger partial charge in [-0.05, 0) is 39.0 Å². The number of hydrogen-bond donors (Lipinski definition) is 0. The molecule has 0 fully saturated rings. The molecule has 1 aliphatic heterocycles. The van der Waals surface area contributed by atoms with Crippen LogP contribution in [0.15, 0.2) is 24.3 Å². The molecule has 1 aliphatic rings. The lowest BCUT2D eigenvalue weighted by Crippen LogP contribution is -2.15. The Hall–Kier alpha value is -3.09. The highest BCUT2D eigenvalue weighted by Crippen LogP contribution is 2.34. The Bertz CT molecular complexity index is 911. The van der Waals surface area contributed by atoms with Gasteiger partial charge in [0.15, 0.2) is 18.1 Å². The van der Waals surface area contributed by atoms with Gasteiger partial charge in [-0.15, -0.1) is 0 Å². The number of benzene rings is 1. The first-order valence-electron chi connectivity index (χ1n) is 8.64. The Kier molecular flexibility index (Phi) is 5.30. The van der Waals surface area contributed by atoms with E-state index in [9.17, 15) is 14.4 Å². The molecule has 0 aliphatic carbocycles. The number of Topliss-reactive ketones (excluding diaryl/α,β-unsaturated/α-hetero) is 2. The van der Waals surface area contributed by atoms with Crippen LogP contribution in [0.4, 0.5) is 0 Å². The number of fused-ring (bicyclic) bond motifs is 1. The highest BCUT2D eigenvalue weighted by atomic mass is 16.7. The van der Waals surface area contributed by atoms with E-state index in [4.69, 9.17) is 14.2 Å². The van der Waals surface area contributed by atoms with E-state index in [-0.39, 0.29) is 37.8 Å². The monoisotopic (exact) mass is 371 g/mol. The van der Waals surface area contributed by atoms with E-state index in [1.165, 1.54) is 6.92 Å². The van der Waals surface area contributed by atoms with Gasteiger partial charge in [0.2, 0.25) is 12.6 Å². The van der Waals surface area contributed by atoms with E-state index < -0.39 is 5.97 Å². The van der Waals surface area contributed by atoms with Crippen molar-refractivity contribution in [3.8, 4) is 17.2 Å². The van der Waals surface area contributed by atoms with Gasteiger partial charge in [0.25, 0.3) is 0 Å². The summed E-state index contributed by atoms with van der Waals surface area (Å²) >= 11 is 0. The SMILES string of the molecule is CC(=O)CCC(=O)OCC(=O)c1cc(C)n(-c2ccc3c(c2)OCO3)c1C. The van der Waals surface area contributed by atoms with Crippen LogP contribution in [0.5, 0.6) is 11.5 Å². The Balaban J connectivity index is 1.74. The van der Waals surface area contributed by atoms with Crippen LogP contribution in [0.2, 0.25) is 0 Å². The molecular weight excluding hydrogens is 350 g/mol. The lowest BCUT2D eigenvalue weighted by molar-refractivity contribution is -0.143. The third-order valence-electron chi connectivity index (χ3n) is 4.39. The van der Waals surface area contributed by atoms with E-state index in [0.29, 0.717) is 17.1 Å². The summed E-state index contributed by atoms with van der Waals surface area (Å²) in [4.78, 5) is 35.0. The van der Waals surface area contributed by atoms with Crippen molar-refractivity contribution in [1.29, 1.82) is 0 Å². The van der Waals surface area contributed by atoms with Crippen LogP contribution >= 0.6 is 0 Å². The second-order valence-electron chi connectivity index (χ2n) is 6.44. The highest BCUT2D eigenvalue weighted by molar-refractivity contribution is 5.99. The van der Waals surface area contributed by atoms with Gasteiger partial charge >= 0.3 is 5.97 Å². The molecule has 3 rings (SSSR count). The zero-order valence-electron chi connectivity index (χ0n) is 15.5. The van der Waals surface area contributed by atoms with Gasteiger partial charge in [-0.2, -0.15) is 0 Å². The normalized spacial score (nSPS) is 12.1. The summed E-state index contributed by atoms with van der Waals surface area (Å²) in [5.74, 6) is 0.419. The Labute approximate surface area is 156 Å². The van der Waals surface area contributed by atoms with Crippen molar-refractivity contribution in [1.82, 2.24) is 4.57 Å². The van der Waals surface area contributed by atoms with Crippen LogP contribution in [0.3, 0.4) is 0 Å². The largest absolute Gasteiger partial charge is 0.457 e. The topological polar surface area (TPSA) is 83.8 Å². The van der Waals surface area contributed by atoms with Crippen molar-refractivity contribution >= 4 is 17.5 Å². The van der Waals surface area contributed by atoms with Gasteiger partial charge in [-0.3, -0.25) is 9.59 Å². The molecule has 27 heavy (non-hydrogen) atoms. The first-order valence-corrected chi connectivity index (χ1v) is 8.64. The standard InChI is InChI=1S/C20H21NO6/c1-12-8-16(17(23)10-25-20(24)7-4-13(2)22)14(3)21(12)15-5-6-18-19(9-15)27-11-26-18/h5-6,8-9H,4,7,10-11H2,1-3H3. The molecular formula is C20H21NO6. The molecule has 1 aromatic heterocycles. The van der Waals surface area contributed by atoms with E-state index in [1.807, 2.05) is 36.6 Å². The van der Waals surface area contributed by atoms with Crippen LogP contribution in [0.25, 0.3) is 5.69 Å². The molecule has 142 valence electrons. The smallest absolute Gasteiger partial charge is 0.306 e. The van der Waals surface area contributed by atoms with Gasteiger partial charge in [0.1, 0.15) is 5.78 Å². The zero-order chi connectivity index (χ0) is 19.6. The van der Waals surface area contributed by atoms with Gasteiger partial charge in [0, 0.05) is 35.1 Å². The van der Waals surface area contributed by atoms with Crippen molar-refractivity contribution in [2.24, 2.45) is 0 Å². The van der Waals surface area contributed by atoms with E-state index >= 15 is 0 Å². The minimum absolute atomic E-state index is 0.0150. The molecule has 1 aromatic carbocycles. The van der Waals surface area contributed by atoms with Crippen molar-refractivity contribution < 1.29 is 28.6 Å². The summed E-state index contributed by atoms with van der Waals surface area (Å²) in [5.41, 5.74) is 2.96. The maximum atomic E-state index is 12.5. The predicted octanol–water partition coefficient (Wildman–Crippen LogP) is 2.92. The van der Waals surface area contributed by atoms with Gasteiger partial charge < -0.3 is 23.6 Å². The number of hydrogen-bond acceptors (Lipinski definition) is 6. The molecule has 7 heteroatoms. The first kappa shape index (κ1) is 18.7. The van der Waals surface area contributed by atoms with Gasteiger partial charge in [-0.1, -0.05) is 0 Å². The number of aromatic nitrogens is 1. The Morgan fingerprint density at radius 1 is 1.07 bits per heavy atom. The quantitative estimate of drug-likeness (QED) is 0.550. The lowest BCUT2D eigenvalue weighted by atomic mass is 10.1. The molecule has 7 nitrogen and oxygen atoms in total. The Morgan fingerprint density at radius 3 is 2.56 bits per heavy atom. The van der Waals surface area contributed by atoms with E-state index in [2.05, 4.69) is 0 Å². The summed E-state index contributed by atoms with van der Waals surface area (Å²) < 4.78 is 17.7. The van der Waals surface area contributed by atoms with Gasteiger partial charge in [-0.25, -0.2) is 0 Å². The van der Waals surface area contributed by atoms with Crippen LogP contribution in [0, 0.1) is 13.8 Å². The molecule has 0 saturated carbocycles. The second kappa shape index (κ2) is 7.65. The molecule has 0 N–H and O–H groups in total. The zero-order valence-corrected chi connectivity index (χ0v) is 15.5. The number of esters is 1. The van der Waals surface area contributed by atoms with Crippen molar-refractivity contribution in [2.45, 2.75) is 33.6 Å². The molecule has 0 bridgehead atoms. The number of nitrogens with zero attached hydrogens (tertiary/aromatic N) is 1. The maximum Gasteiger partial charge on any atom is 0.306 e. The highest BCUT2D eigenvalue weighted by Gasteiger charge is 2.20. The summed E-state index contributed by atoms with van der Waals surface area (Å²) in [6.45, 7) is 4.99. The van der Waals surface area contributed by atoms with Crippen LogP contribution < -0.4 is 9.47 Å². The number of carbonyl (C=O) groups excluding carboxylic acids is 3. The van der Waals surface area contributed by atoms with Crippen molar-refractivity contribution in [2.75, 3.05) is 13.4 Å². The minimum atomic E-state index is -0.553. The van der Waals surface area contributed by atoms with E-state index in [1.54, 1.807) is 6.07 Å². The average Bonchev–Trinajstić information content (AvgIpc) is 3.21. The molecule has 0 radical (unpaired) electrons. The molecule has 2 aromatic rings. The fourth-order valence-corrected chi connectivity index (χ4v) is 3.04. The average molecular weight is 371 g/mol. The minimum Gasteiger partial charge on any atom is -0.457 e.